The van der Waals surface area contributed by atoms with Gasteiger partial charge in [0.2, 0.25) is 5.91 Å². The van der Waals surface area contributed by atoms with Crippen molar-refractivity contribution in [1.29, 1.82) is 5.26 Å². The van der Waals surface area contributed by atoms with E-state index in [0.29, 0.717) is 47.8 Å². The van der Waals surface area contributed by atoms with Crippen LogP contribution in [0.1, 0.15) is 17.5 Å². The lowest BCUT2D eigenvalue weighted by Crippen LogP contribution is -2.31. The van der Waals surface area contributed by atoms with Crippen molar-refractivity contribution in [3.8, 4) is 17.3 Å². The zero-order valence-corrected chi connectivity index (χ0v) is 23.3. The van der Waals surface area contributed by atoms with E-state index in [0.717, 1.165) is 18.2 Å². The average Bonchev–Trinajstić information content (AvgIpc) is 3.40. The first-order valence-electron chi connectivity index (χ1n) is 12.4. The van der Waals surface area contributed by atoms with Gasteiger partial charge in [0.1, 0.15) is 34.9 Å². The smallest absolute Gasteiger partial charge is 0.231 e. The van der Waals surface area contributed by atoms with Crippen LogP contribution in [0.5, 0.6) is 0 Å². The molecular weight excluding hydrogens is 530 g/mol. The molecule has 2 aromatic heterocycles. The molecule has 0 spiro atoms. The summed E-state index contributed by atoms with van der Waals surface area (Å²) in [5.74, 6) is -1.92. The molecule has 12 heteroatoms. The van der Waals surface area contributed by atoms with E-state index in [1.165, 1.54) is 6.20 Å². The molecule has 1 unspecified atom stereocenters. The Labute approximate surface area is 226 Å². The second kappa shape index (κ2) is 11.7. The number of nitriles is 1. The van der Waals surface area contributed by atoms with Gasteiger partial charge in [-0.1, -0.05) is 31.2 Å². The zero-order valence-electron chi connectivity index (χ0n) is 21.5. The molecule has 0 bridgehead atoms. The van der Waals surface area contributed by atoms with E-state index in [2.05, 4.69) is 35.9 Å². The number of carbonyl (C=O) groups is 1. The van der Waals surface area contributed by atoms with Crippen molar-refractivity contribution in [2.75, 3.05) is 18.1 Å². The third kappa shape index (κ3) is 6.26. The molecule has 200 valence electrons. The third-order valence-electron chi connectivity index (χ3n) is 6.44. The minimum atomic E-state index is -1.31. The van der Waals surface area contributed by atoms with Gasteiger partial charge in [-0.2, -0.15) is 20.6 Å². The van der Waals surface area contributed by atoms with E-state index >= 15 is 0 Å². The molecule has 1 saturated heterocycles. The lowest BCUT2D eigenvalue weighted by atomic mass is 9.98. The van der Waals surface area contributed by atoms with Crippen molar-refractivity contribution in [3.63, 3.8) is 0 Å². The molecule has 0 aliphatic carbocycles. The molecule has 1 aromatic carbocycles. The highest BCUT2D eigenvalue weighted by molar-refractivity contribution is 6.76. The maximum atomic E-state index is 14.0. The minimum absolute atomic E-state index is 0.0178. The van der Waals surface area contributed by atoms with Gasteiger partial charge in [-0.3, -0.25) is 9.69 Å². The predicted octanol–water partition coefficient (Wildman–Crippen LogP) is 5.25. The first kappa shape index (κ1) is 27.8. The molecule has 0 radical (unpaired) electrons. The van der Waals surface area contributed by atoms with E-state index in [4.69, 9.17) is 21.4 Å². The summed E-state index contributed by atoms with van der Waals surface area (Å²) in [6.45, 7) is 7.82. The van der Waals surface area contributed by atoms with Gasteiger partial charge in [0, 0.05) is 38.3 Å². The van der Waals surface area contributed by atoms with Crippen LogP contribution in [-0.2, 0) is 29.1 Å². The number of aromatic nitrogens is 4. The molecule has 38 heavy (non-hydrogen) atoms. The van der Waals surface area contributed by atoms with Crippen molar-refractivity contribution < 1.29 is 18.3 Å². The van der Waals surface area contributed by atoms with Crippen molar-refractivity contribution >= 4 is 31.4 Å². The molecule has 8 nitrogen and oxygen atoms in total. The predicted molar refractivity (Wildman–Crippen MR) is 142 cm³/mol. The fraction of sp³-hybridized carbons (Fsp3) is 0.423. The highest BCUT2D eigenvalue weighted by Gasteiger charge is 2.37. The number of hydrogen-bond acceptors (Lipinski definition) is 6. The van der Waals surface area contributed by atoms with Crippen LogP contribution in [0.15, 0.2) is 30.6 Å². The van der Waals surface area contributed by atoms with Crippen LogP contribution in [-0.4, -0.2) is 47.1 Å². The standard InChI is InChI=1S/C26H29ClF2N6O2Si/c1-38(2,3)11-10-37-16-35-25(20(4-7-30)24(33-35)19-5-8-31-32-15-19)34-9-6-18(26(34)36)12-17-13-21(28)23(27)22(29)14-17/h5,8,13-15,18H,4,6,9-12,16H2,1-3H3. The molecule has 1 aliphatic rings. The Morgan fingerprint density at radius 3 is 2.61 bits per heavy atom. The number of nitrogens with zero attached hydrogens (tertiary/aromatic N) is 6. The Balaban J connectivity index is 1.66. The van der Waals surface area contributed by atoms with Gasteiger partial charge in [-0.05, 0) is 42.6 Å². The fourth-order valence-electron chi connectivity index (χ4n) is 4.47. The van der Waals surface area contributed by atoms with Gasteiger partial charge in [-0.15, -0.1) is 0 Å². The van der Waals surface area contributed by atoms with E-state index in [1.807, 2.05) is 0 Å². The van der Waals surface area contributed by atoms with Crippen molar-refractivity contribution in [2.45, 2.75) is 51.7 Å². The van der Waals surface area contributed by atoms with E-state index < -0.39 is 30.6 Å². The van der Waals surface area contributed by atoms with Gasteiger partial charge < -0.3 is 4.74 Å². The maximum absolute atomic E-state index is 14.0. The lowest BCUT2D eigenvalue weighted by molar-refractivity contribution is -0.120. The van der Waals surface area contributed by atoms with Crippen molar-refractivity contribution in [3.05, 3.63) is 58.4 Å². The molecule has 1 fully saturated rings. The summed E-state index contributed by atoms with van der Waals surface area (Å²) in [5, 5.41) is 21.6. The number of anilines is 1. The van der Waals surface area contributed by atoms with Crippen LogP contribution >= 0.6 is 11.6 Å². The summed E-state index contributed by atoms with van der Waals surface area (Å²) in [6, 6.07) is 7.22. The molecule has 3 heterocycles. The molecule has 1 atom stereocenters. The van der Waals surface area contributed by atoms with Crippen molar-refractivity contribution in [2.24, 2.45) is 5.92 Å². The second-order valence-electron chi connectivity index (χ2n) is 10.5. The average molecular weight is 559 g/mol. The number of rotatable bonds is 10. The third-order valence-corrected chi connectivity index (χ3v) is 8.51. The van der Waals surface area contributed by atoms with Crippen LogP contribution in [0.3, 0.4) is 0 Å². The molecule has 0 saturated carbocycles. The zero-order chi connectivity index (χ0) is 27.4. The Morgan fingerprint density at radius 1 is 1.24 bits per heavy atom. The fourth-order valence-corrected chi connectivity index (χ4v) is 5.33. The molecule has 1 aliphatic heterocycles. The van der Waals surface area contributed by atoms with Crippen molar-refractivity contribution in [1.82, 2.24) is 20.0 Å². The number of carbonyl (C=O) groups excluding carboxylic acids is 1. The van der Waals surface area contributed by atoms with Gasteiger partial charge >= 0.3 is 0 Å². The SMILES string of the molecule is C[Si](C)(C)CCOCn1nc(-c2ccnnc2)c(CC#N)c1N1CCC(Cc2cc(F)c(Cl)c(F)c2)C1=O. The second-order valence-corrected chi connectivity index (χ2v) is 16.5. The quantitative estimate of drug-likeness (QED) is 0.192. The molecule has 1 amide bonds. The van der Waals surface area contributed by atoms with E-state index in [-0.39, 0.29) is 25.5 Å². The van der Waals surface area contributed by atoms with Crippen LogP contribution in [0.4, 0.5) is 14.6 Å². The number of halogens is 3. The van der Waals surface area contributed by atoms with Crippen LogP contribution < -0.4 is 4.90 Å². The summed E-state index contributed by atoms with van der Waals surface area (Å²) >= 11 is 5.61. The molecular formula is C26H29ClF2N6O2Si. The van der Waals surface area contributed by atoms with Crippen LogP contribution in [0.2, 0.25) is 30.7 Å². The summed E-state index contributed by atoms with van der Waals surface area (Å²) < 4.78 is 35.6. The van der Waals surface area contributed by atoms with Crippen LogP contribution in [0.25, 0.3) is 11.3 Å². The highest BCUT2D eigenvalue weighted by Crippen LogP contribution is 2.36. The Kier molecular flexibility index (Phi) is 8.55. The summed E-state index contributed by atoms with van der Waals surface area (Å²) in [4.78, 5) is 15.2. The largest absolute Gasteiger partial charge is 0.359 e. The Hall–Kier alpha value is -3.20. The Morgan fingerprint density at radius 2 is 1.97 bits per heavy atom. The number of hydrogen-bond donors (Lipinski definition) is 0. The number of benzene rings is 1. The molecule has 0 N–H and O–H groups in total. The lowest BCUT2D eigenvalue weighted by Gasteiger charge is -2.21. The maximum Gasteiger partial charge on any atom is 0.231 e. The van der Waals surface area contributed by atoms with Gasteiger partial charge in [0.25, 0.3) is 0 Å². The summed E-state index contributed by atoms with van der Waals surface area (Å²) in [5.41, 5.74) is 2.14. The monoisotopic (exact) mass is 558 g/mol. The van der Waals surface area contributed by atoms with Gasteiger partial charge in [0.15, 0.2) is 0 Å². The van der Waals surface area contributed by atoms with E-state index in [1.54, 1.807) is 21.8 Å². The minimum Gasteiger partial charge on any atom is -0.359 e. The first-order chi connectivity index (χ1) is 18.1. The molecule has 3 aromatic rings. The Bertz CT molecular complexity index is 1330. The summed E-state index contributed by atoms with van der Waals surface area (Å²) in [7, 11) is -1.31. The van der Waals surface area contributed by atoms with Gasteiger partial charge in [0.05, 0.1) is 24.9 Å². The van der Waals surface area contributed by atoms with Crippen LogP contribution in [0, 0.1) is 28.9 Å². The van der Waals surface area contributed by atoms with Gasteiger partial charge in [-0.25, -0.2) is 13.5 Å². The number of ether oxygens (including phenoxy) is 1. The topological polar surface area (TPSA) is 96.9 Å². The van der Waals surface area contributed by atoms with E-state index in [9.17, 15) is 18.8 Å². The number of amides is 1. The first-order valence-corrected chi connectivity index (χ1v) is 16.4. The molecule has 4 rings (SSSR count). The normalized spacial score (nSPS) is 15.8. The summed E-state index contributed by atoms with van der Waals surface area (Å²) in [6.07, 6.45) is 3.75. The highest BCUT2D eigenvalue weighted by atomic mass is 35.5.